The number of benzene rings is 1. The molecule has 0 amide bonds. The Kier molecular flexibility index (Phi) is 4.59. The Bertz CT molecular complexity index is 445. The van der Waals surface area contributed by atoms with Crippen LogP contribution in [-0.4, -0.2) is 42.2 Å². The standard InChI is InChI=1S/C13H19ClN2O2/c1-13(2,16(3)4)8-15-11-6-5-9(12(17)18)7-10(11)14/h5-7,15H,8H2,1-4H3,(H,17,18). The zero-order valence-corrected chi connectivity index (χ0v) is 11.9. The molecule has 0 bridgehead atoms. The number of aromatic carboxylic acids is 1. The van der Waals surface area contributed by atoms with Crippen LogP contribution in [0.3, 0.4) is 0 Å². The summed E-state index contributed by atoms with van der Waals surface area (Å²) in [4.78, 5) is 12.9. The van der Waals surface area contributed by atoms with Gasteiger partial charge >= 0.3 is 5.97 Å². The molecule has 100 valence electrons. The Morgan fingerprint density at radius 1 is 1.44 bits per heavy atom. The van der Waals surface area contributed by atoms with E-state index in [1.165, 1.54) is 6.07 Å². The molecular formula is C13H19ClN2O2. The second-order valence-corrected chi connectivity index (χ2v) is 5.47. The second kappa shape index (κ2) is 5.59. The van der Waals surface area contributed by atoms with Gasteiger partial charge in [-0.25, -0.2) is 4.79 Å². The number of hydrogen-bond acceptors (Lipinski definition) is 3. The monoisotopic (exact) mass is 270 g/mol. The molecule has 1 aromatic rings. The number of anilines is 1. The molecule has 0 saturated carbocycles. The molecule has 0 aliphatic heterocycles. The Morgan fingerprint density at radius 2 is 2.06 bits per heavy atom. The lowest BCUT2D eigenvalue weighted by Gasteiger charge is -2.33. The molecule has 0 aromatic heterocycles. The van der Waals surface area contributed by atoms with Crippen molar-refractivity contribution in [1.82, 2.24) is 4.90 Å². The number of carbonyl (C=O) groups is 1. The average Bonchev–Trinajstić information content (AvgIpc) is 2.26. The Balaban J connectivity index is 2.78. The van der Waals surface area contributed by atoms with Crippen LogP contribution in [0.2, 0.25) is 5.02 Å². The number of likely N-dealkylation sites (N-methyl/N-ethyl adjacent to an activating group) is 1. The summed E-state index contributed by atoms with van der Waals surface area (Å²) in [5.41, 5.74) is 0.920. The summed E-state index contributed by atoms with van der Waals surface area (Å²) in [7, 11) is 4.02. The van der Waals surface area contributed by atoms with Crippen LogP contribution in [0.4, 0.5) is 5.69 Å². The van der Waals surface area contributed by atoms with Gasteiger partial charge in [0.15, 0.2) is 0 Å². The summed E-state index contributed by atoms with van der Waals surface area (Å²) in [5, 5.41) is 12.5. The lowest BCUT2D eigenvalue weighted by Crippen LogP contribution is -2.44. The van der Waals surface area contributed by atoms with Gasteiger partial charge in [0.2, 0.25) is 0 Å². The maximum absolute atomic E-state index is 10.8. The van der Waals surface area contributed by atoms with Crippen molar-refractivity contribution >= 4 is 23.3 Å². The zero-order chi connectivity index (χ0) is 13.9. The van der Waals surface area contributed by atoms with E-state index in [-0.39, 0.29) is 11.1 Å². The minimum absolute atomic E-state index is 0.0190. The molecule has 0 aliphatic carbocycles. The van der Waals surface area contributed by atoms with Crippen molar-refractivity contribution in [2.24, 2.45) is 0 Å². The van der Waals surface area contributed by atoms with E-state index in [0.717, 1.165) is 5.69 Å². The van der Waals surface area contributed by atoms with Crippen molar-refractivity contribution in [3.05, 3.63) is 28.8 Å². The maximum Gasteiger partial charge on any atom is 0.335 e. The van der Waals surface area contributed by atoms with Gasteiger partial charge < -0.3 is 15.3 Å². The predicted molar refractivity (Wildman–Crippen MR) is 74.7 cm³/mol. The van der Waals surface area contributed by atoms with E-state index in [9.17, 15) is 4.79 Å². The smallest absolute Gasteiger partial charge is 0.335 e. The lowest BCUT2D eigenvalue weighted by atomic mass is 10.0. The quantitative estimate of drug-likeness (QED) is 0.864. The first kappa shape index (κ1) is 14.8. The van der Waals surface area contributed by atoms with Gasteiger partial charge in [-0.05, 0) is 46.1 Å². The van der Waals surface area contributed by atoms with Crippen molar-refractivity contribution in [1.29, 1.82) is 0 Å². The van der Waals surface area contributed by atoms with E-state index < -0.39 is 5.97 Å². The second-order valence-electron chi connectivity index (χ2n) is 5.06. The number of hydrogen-bond donors (Lipinski definition) is 2. The van der Waals surface area contributed by atoms with Gasteiger partial charge in [-0.15, -0.1) is 0 Å². The molecule has 0 aliphatic rings. The molecule has 4 nitrogen and oxygen atoms in total. The number of nitrogens with one attached hydrogen (secondary N) is 1. The third-order valence-electron chi connectivity index (χ3n) is 3.14. The highest BCUT2D eigenvalue weighted by atomic mass is 35.5. The van der Waals surface area contributed by atoms with Gasteiger partial charge in [0.25, 0.3) is 0 Å². The minimum Gasteiger partial charge on any atom is -0.478 e. The molecule has 1 rings (SSSR count). The van der Waals surface area contributed by atoms with Gasteiger partial charge in [0.05, 0.1) is 16.3 Å². The number of halogens is 1. The normalized spacial score (nSPS) is 11.7. The van der Waals surface area contributed by atoms with Crippen LogP contribution in [0.1, 0.15) is 24.2 Å². The minimum atomic E-state index is -0.975. The van der Waals surface area contributed by atoms with E-state index in [2.05, 4.69) is 24.1 Å². The molecule has 0 radical (unpaired) electrons. The average molecular weight is 271 g/mol. The van der Waals surface area contributed by atoms with Crippen LogP contribution in [-0.2, 0) is 0 Å². The largest absolute Gasteiger partial charge is 0.478 e. The molecule has 0 fully saturated rings. The molecule has 0 heterocycles. The Labute approximate surface area is 113 Å². The van der Waals surface area contributed by atoms with Crippen molar-refractivity contribution in [2.45, 2.75) is 19.4 Å². The fourth-order valence-corrected chi connectivity index (χ4v) is 1.51. The summed E-state index contributed by atoms with van der Waals surface area (Å²) in [5.74, 6) is -0.975. The SMILES string of the molecule is CN(C)C(C)(C)CNc1ccc(C(=O)O)cc1Cl. The van der Waals surface area contributed by atoms with Gasteiger partial charge in [-0.3, -0.25) is 0 Å². The van der Waals surface area contributed by atoms with Gasteiger partial charge in [-0.2, -0.15) is 0 Å². The van der Waals surface area contributed by atoms with Gasteiger partial charge in [0.1, 0.15) is 0 Å². The van der Waals surface area contributed by atoms with Crippen molar-refractivity contribution in [3.8, 4) is 0 Å². The summed E-state index contributed by atoms with van der Waals surface area (Å²) in [6.45, 7) is 4.94. The van der Waals surface area contributed by atoms with Crippen molar-refractivity contribution in [3.63, 3.8) is 0 Å². The molecule has 18 heavy (non-hydrogen) atoms. The van der Waals surface area contributed by atoms with Crippen LogP contribution >= 0.6 is 11.6 Å². The molecular weight excluding hydrogens is 252 g/mol. The van der Waals surface area contributed by atoms with Crippen LogP contribution < -0.4 is 5.32 Å². The lowest BCUT2D eigenvalue weighted by molar-refractivity contribution is 0.0697. The summed E-state index contributed by atoms with van der Waals surface area (Å²) >= 11 is 6.04. The molecule has 2 N–H and O–H groups in total. The van der Waals surface area contributed by atoms with Crippen molar-refractivity contribution in [2.75, 3.05) is 26.0 Å². The van der Waals surface area contributed by atoms with Gasteiger partial charge in [0, 0.05) is 12.1 Å². The third-order valence-corrected chi connectivity index (χ3v) is 3.45. The molecule has 0 spiro atoms. The van der Waals surface area contributed by atoms with Crippen LogP contribution in [0.25, 0.3) is 0 Å². The first-order chi connectivity index (χ1) is 8.24. The number of carboxylic acid groups (broad SMARTS) is 1. The van der Waals surface area contributed by atoms with Gasteiger partial charge in [-0.1, -0.05) is 11.6 Å². The van der Waals surface area contributed by atoms with E-state index >= 15 is 0 Å². The highest BCUT2D eigenvalue weighted by Crippen LogP contribution is 2.24. The maximum atomic E-state index is 10.8. The number of nitrogens with zero attached hydrogens (tertiary/aromatic N) is 1. The summed E-state index contributed by atoms with van der Waals surface area (Å²) < 4.78 is 0. The molecule has 0 unspecified atom stereocenters. The van der Waals surface area contributed by atoms with E-state index in [0.29, 0.717) is 11.6 Å². The summed E-state index contributed by atoms with van der Waals surface area (Å²) in [6, 6.07) is 4.69. The predicted octanol–water partition coefficient (Wildman–Crippen LogP) is 2.79. The summed E-state index contributed by atoms with van der Waals surface area (Å²) in [6.07, 6.45) is 0. The molecule has 1 aromatic carbocycles. The van der Waals surface area contributed by atoms with E-state index in [1.54, 1.807) is 12.1 Å². The Hall–Kier alpha value is -1.26. The molecule has 0 atom stereocenters. The van der Waals surface area contributed by atoms with Crippen molar-refractivity contribution < 1.29 is 9.90 Å². The number of carboxylic acids is 1. The Morgan fingerprint density at radius 3 is 2.50 bits per heavy atom. The zero-order valence-electron chi connectivity index (χ0n) is 11.1. The van der Waals surface area contributed by atoms with Crippen LogP contribution in [0.15, 0.2) is 18.2 Å². The van der Waals surface area contributed by atoms with Crippen LogP contribution in [0.5, 0.6) is 0 Å². The topological polar surface area (TPSA) is 52.6 Å². The molecule has 5 heteroatoms. The van der Waals surface area contributed by atoms with Crippen LogP contribution in [0, 0.1) is 0 Å². The fraction of sp³-hybridized carbons (Fsp3) is 0.462. The first-order valence-electron chi connectivity index (χ1n) is 5.68. The highest BCUT2D eigenvalue weighted by Gasteiger charge is 2.20. The fourth-order valence-electron chi connectivity index (χ4n) is 1.26. The highest BCUT2D eigenvalue weighted by molar-refractivity contribution is 6.33. The van der Waals surface area contributed by atoms with E-state index in [1.807, 2.05) is 14.1 Å². The molecule has 0 saturated heterocycles. The van der Waals surface area contributed by atoms with E-state index in [4.69, 9.17) is 16.7 Å². The first-order valence-corrected chi connectivity index (χ1v) is 6.06. The number of rotatable bonds is 5. The third kappa shape index (κ3) is 3.62.